The molecule has 1 aliphatic heterocycles. The highest BCUT2D eigenvalue weighted by atomic mass is 16.5. The molecule has 39 heavy (non-hydrogen) atoms. The van der Waals surface area contributed by atoms with Gasteiger partial charge in [0.25, 0.3) is 5.91 Å². The summed E-state index contributed by atoms with van der Waals surface area (Å²) >= 11 is 0. The lowest BCUT2D eigenvalue weighted by molar-refractivity contribution is 0.0745. The summed E-state index contributed by atoms with van der Waals surface area (Å²) in [6.45, 7) is 10.1. The van der Waals surface area contributed by atoms with E-state index in [0.717, 1.165) is 86.7 Å². The number of hydrogen-bond acceptors (Lipinski definition) is 6. The average molecular weight is 537 g/mol. The summed E-state index contributed by atoms with van der Waals surface area (Å²) in [7, 11) is 1.67. The molecule has 1 N–H and O–H groups in total. The van der Waals surface area contributed by atoms with E-state index in [1.807, 2.05) is 35.2 Å². The zero-order valence-corrected chi connectivity index (χ0v) is 23.4. The van der Waals surface area contributed by atoms with Gasteiger partial charge in [-0.05, 0) is 82.1 Å². The Hall–Kier alpha value is -3.13. The lowest BCUT2D eigenvalue weighted by Crippen LogP contribution is -2.33. The number of piperidine rings is 1. The summed E-state index contributed by atoms with van der Waals surface area (Å²) in [5.41, 5.74) is 3.18. The third-order valence-corrected chi connectivity index (χ3v) is 7.36. The number of carbonyl (C=O) groups is 1. The molecule has 2 aromatic heterocycles. The Kier molecular flexibility index (Phi) is 12.1. The Balaban J connectivity index is 0.00000420. The van der Waals surface area contributed by atoms with Gasteiger partial charge in [0, 0.05) is 25.3 Å². The zero-order chi connectivity index (χ0) is 26.7. The summed E-state index contributed by atoms with van der Waals surface area (Å²) in [5, 5.41) is 3.49. The molecule has 0 radical (unpaired) electrons. The second-order valence-corrected chi connectivity index (χ2v) is 10.3. The third kappa shape index (κ3) is 8.18. The van der Waals surface area contributed by atoms with Crippen LogP contribution in [0.15, 0.2) is 36.5 Å². The highest BCUT2D eigenvalue weighted by Crippen LogP contribution is 2.25. The molecule has 214 valence electrons. The molecule has 0 atom stereocenters. The normalized spacial score (nSPS) is 13.7. The summed E-state index contributed by atoms with van der Waals surface area (Å²) < 4.78 is 7.52. The van der Waals surface area contributed by atoms with Crippen molar-refractivity contribution in [2.75, 3.05) is 45.2 Å². The monoisotopic (exact) mass is 536 g/mol. The second-order valence-electron chi connectivity index (χ2n) is 10.3. The number of hydrogen-bond donors (Lipinski definition) is 1. The number of nitrogens with zero attached hydrogens (tertiary/aromatic N) is 5. The summed E-state index contributed by atoms with van der Waals surface area (Å²) in [4.78, 5) is 27.5. The molecule has 8 nitrogen and oxygen atoms in total. The highest BCUT2D eigenvalue weighted by molar-refractivity contribution is 5.95. The number of anilines is 2. The van der Waals surface area contributed by atoms with E-state index < -0.39 is 0 Å². The van der Waals surface area contributed by atoms with Gasteiger partial charge in [0.2, 0.25) is 5.95 Å². The first-order valence-electron chi connectivity index (χ1n) is 14.4. The van der Waals surface area contributed by atoms with Gasteiger partial charge in [-0.3, -0.25) is 4.79 Å². The third-order valence-electron chi connectivity index (χ3n) is 7.36. The van der Waals surface area contributed by atoms with Gasteiger partial charge >= 0.3 is 0 Å². The number of rotatable bonds is 14. The Morgan fingerprint density at radius 2 is 1.69 bits per heavy atom. The van der Waals surface area contributed by atoms with Crippen LogP contribution in [0.3, 0.4) is 0 Å². The van der Waals surface area contributed by atoms with Crippen LogP contribution in [0, 0.1) is 0 Å². The minimum absolute atomic E-state index is 0. The maximum Gasteiger partial charge on any atom is 0.272 e. The van der Waals surface area contributed by atoms with Gasteiger partial charge in [0.05, 0.1) is 18.8 Å². The molecule has 1 aliphatic rings. The van der Waals surface area contributed by atoms with E-state index in [0.29, 0.717) is 5.69 Å². The molecule has 0 saturated carbocycles. The van der Waals surface area contributed by atoms with Crippen LogP contribution in [-0.2, 0) is 6.54 Å². The van der Waals surface area contributed by atoms with E-state index in [9.17, 15) is 4.79 Å². The molecule has 8 heteroatoms. The quantitative estimate of drug-likeness (QED) is 0.246. The maximum atomic E-state index is 13.5. The Bertz CT molecular complexity index is 1150. The fourth-order valence-electron chi connectivity index (χ4n) is 5.08. The van der Waals surface area contributed by atoms with Crippen LogP contribution in [0.5, 0.6) is 5.75 Å². The zero-order valence-electron chi connectivity index (χ0n) is 23.4. The fourth-order valence-corrected chi connectivity index (χ4v) is 5.08. The summed E-state index contributed by atoms with van der Waals surface area (Å²) in [6, 6.07) is 9.79. The summed E-state index contributed by atoms with van der Waals surface area (Å²) in [5.74, 6) is 1.59. The molecule has 3 aromatic rings. The van der Waals surface area contributed by atoms with Gasteiger partial charge in [-0.1, -0.05) is 40.5 Å². The largest absolute Gasteiger partial charge is 0.497 e. The number of unbranched alkanes of at least 4 members (excludes halogenated alkanes) is 2. The first-order valence-corrected chi connectivity index (χ1v) is 14.4. The predicted molar refractivity (Wildman–Crippen MR) is 161 cm³/mol. The molecule has 3 heterocycles. The molecular weight excluding hydrogens is 488 g/mol. The minimum Gasteiger partial charge on any atom is -0.497 e. The second kappa shape index (κ2) is 15.5. The van der Waals surface area contributed by atoms with Crippen molar-refractivity contribution in [2.24, 2.45) is 0 Å². The van der Waals surface area contributed by atoms with Crippen LogP contribution in [0.25, 0.3) is 11.0 Å². The molecule has 0 spiro atoms. The topological polar surface area (TPSA) is 75.5 Å². The fraction of sp³-hybridized carbons (Fsp3) is 0.581. The number of aryl methyl sites for hydroxylation is 1. The first kappa shape index (κ1) is 30.4. The van der Waals surface area contributed by atoms with Gasteiger partial charge in [-0.25, -0.2) is 9.97 Å². The van der Waals surface area contributed by atoms with Crippen molar-refractivity contribution in [3.05, 3.63) is 42.2 Å². The molecule has 1 aromatic carbocycles. The van der Waals surface area contributed by atoms with Crippen molar-refractivity contribution >= 4 is 28.6 Å². The number of ether oxygens (including phenoxy) is 1. The van der Waals surface area contributed by atoms with Crippen molar-refractivity contribution < 1.29 is 9.53 Å². The van der Waals surface area contributed by atoms with E-state index in [2.05, 4.69) is 33.6 Å². The standard InChI is InChI=1S/C30H44N6O2.CH4/c1-4-6-19-35(20-7-5-2)29(37)26-22-28-27(23-31-26)33-30(32-24-12-14-25(38-3)15-13-24)36(28)21-11-18-34-16-9-8-10-17-34;/h12-15,22-23H,4-11,16-21H2,1-3H3,(H,32,33);1H4. The van der Waals surface area contributed by atoms with Crippen LogP contribution in [0.4, 0.5) is 11.6 Å². The lowest BCUT2D eigenvalue weighted by Gasteiger charge is -2.26. The van der Waals surface area contributed by atoms with Crippen LogP contribution in [0.1, 0.15) is 83.1 Å². The van der Waals surface area contributed by atoms with Crippen molar-refractivity contribution in [3.8, 4) is 5.75 Å². The van der Waals surface area contributed by atoms with E-state index in [1.165, 1.54) is 32.4 Å². The van der Waals surface area contributed by atoms with Crippen molar-refractivity contribution in [2.45, 2.75) is 79.2 Å². The van der Waals surface area contributed by atoms with Crippen LogP contribution < -0.4 is 10.1 Å². The van der Waals surface area contributed by atoms with E-state index in [-0.39, 0.29) is 13.3 Å². The SMILES string of the molecule is C.CCCCN(CCCC)C(=O)c1cc2c(cn1)nc(Nc1ccc(OC)cc1)n2CCCN1CCCCC1. The number of aromatic nitrogens is 3. The Morgan fingerprint density at radius 1 is 1.00 bits per heavy atom. The van der Waals surface area contributed by atoms with Gasteiger partial charge in [-0.15, -0.1) is 0 Å². The minimum atomic E-state index is 0. The Morgan fingerprint density at radius 3 is 2.33 bits per heavy atom. The highest BCUT2D eigenvalue weighted by Gasteiger charge is 2.20. The number of carbonyl (C=O) groups excluding carboxylic acids is 1. The molecule has 4 rings (SSSR count). The number of likely N-dealkylation sites (tertiary alicyclic amines) is 1. The summed E-state index contributed by atoms with van der Waals surface area (Å²) in [6.07, 6.45) is 10.8. The number of benzene rings is 1. The molecule has 0 aliphatic carbocycles. The number of pyridine rings is 1. The predicted octanol–water partition coefficient (Wildman–Crippen LogP) is 6.74. The molecule has 1 fully saturated rings. The van der Waals surface area contributed by atoms with Crippen LogP contribution in [-0.4, -0.2) is 70.1 Å². The van der Waals surface area contributed by atoms with E-state index in [4.69, 9.17) is 9.72 Å². The Labute approximate surface area is 234 Å². The van der Waals surface area contributed by atoms with Crippen molar-refractivity contribution in [1.82, 2.24) is 24.3 Å². The van der Waals surface area contributed by atoms with Crippen LogP contribution >= 0.6 is 0 Å². The number of nitrogens with one attached hydrogen (secondary N) is 1. The molecule has 0 unspecified atom stereocenters. The van der Waals surface area contributed by atoms with Crippen molar-refractivity contribution in [3.63, 3.8) is 0 Å². The van der Waals surface area contributed by atoms with Gasteiger partial charge in [0.15, 0.2) is 0 Å². The molecule has 0 bridgehead atoms. The van der Waals surface area contributed by atoms with Crippen LogP contribution in [0.2, 0.25) is 0 Å². The smallest absolute Gasteiger partial charge is 0.272 e. The van der Waals surface area contributed by atoms with E-state index >= 15 is 0 Å². The number of imidazole rings is 1. The van der Waals surface area contributed by atoms with E-state index in [1.54, 1.807) is 13.3 Å². The molecule has 1 amide bonds. The lowest BCUT2D eigenvalue weighted by atomic mass is 10.1. The average Bonchev–Trinajstić information content (AvgIpc) is 3.29. The van der Waals surface area contributed by atoms with Gasteiger partial charge in [-0.2, -0.15) is 0 Å². The number of methoxy groups -OCH3 is 1. The maximum absolute atomic E-state index is 13.5. The van der Waals surface area contributed by atoms with Gasteiger partial charge < -0.3 is 24.4 Å². The number of fused-ring (bicyclic) bond motifs is 1. The number of amides is 1. The van der Waals surface area contributed by atoms with Crippen molar-refractivity contribution in [1.29, 1.82) is 0 Å². The molecular formula is C31H48N6O2. The van der Waals surface area contributed by atoms with Gasteiger partial charge in [0.1, 0.15) is 17.0 Å². The first-order chi connectivity index (χ1) is 18.6. The molecule has 1 saturated heterocycles.